The van der Waals surface area contributed by atoms with Gasteiger partial charge in [0.05, 0.1) is 17.3 Å². The molecule has 0 aromatic heterocycles. The Kier molecular flexibility index (Phi) is 4.30. The van der Waals surface area contributed by atoms with Crippen molar-refractivity contribution in [3.05, 3.63) is 70.0 Å². The van der Waals surface area contributed by atoms with Gasteiger partial charge in [-0.15, -0.1) is 0 Å². The van der Waals surface area contributed by atoms with Crippen LogP contribution in [0.4, 0.5) is 13.2 Å². The number of halogens is 4. The van der Waals surface area contributed by atoms with Gasteiger partial charge < -0.3 is 5.32 Å². The Balaban J connectivity index is 1.83. The van der Waals surface area contributed by atoms with Gasteiger partial charge >= 0.3 is 6.18 Å². The van der Waals surface area contributed by atoms with E-state index in [-0.39, 0.29) is 16.3 Å². The molecule has 1 aliphatic carbocycles. The number of alkyl halides is 3. The van der Waals surface area contributed by atoms with Gasteiger partial charge in [-0.2, -0.15) is 18.6 Å². The smallest absolute Gasteiger partial charge is 0.338 e. The standard InChI is InChI=1S/C16H10ClF3N3O2/c17-14-12-9(7-21-23-14)4-5-11(13(12)24)22-15(25)8-2-1-3-10(6-8)16(18,19)20/h1-7,11,23H,(H,22,25). The summed E-state index contributed by atoms with van der Waals surface area (Å²) in [4.78, 5) is 24.7. The molecule has 1 aliphatic heterocycles. The zero-order valence-corrected chi connectivity index (χ0v) is 13.2. The molecule has 2 N–H and O–H groups in total. The van der Waals surface area contributed by atoms with E-state index in [4.69, 9.17) is 11.6 Å². The summed E-state index contributed by atoms with van der Waals surface area (Å²) in [7, 11) is 0. The molecular weight excluding hydrogens is 359 g/mol. The number of Topliss-reactive ketones (excluding diaryl/α,β-unsaturated/α-hetero) is 1. The maximum atomic E-state index is 12.7. The average molecular weight is 369 g/mol. The molecule has 0 spiro atoms. The number of nitrogens with one attached hydrogen (secondary N) is 2. The monoisotopic (exact) mass is 368 g/mol. The van der Waals surface area contributed by atoms with E-state index < -0.39 is 29.5 Å². The number of fused-ring (bicyclic) bond motifs is 1. The summed E-state index contributed by atoms with van der Waals surface area (Å²) in [5.41, 5.74) is 5.69. The molecule has 9 heteroatoms. The van der Waals surface area contributed by atoms with Crippen LogP contribution < -0.4 is 16.2 Å². The number of hydrogen-bond donors (Lipinski definition) is 2. The Labute approximate surface area is 145 Å². The van der Waals surface area contributed by atoms with Gasteiger partial charge in [-0.05, 0) is 18.2 Å². The van der Waals surface area contributed by atoms with Gasteiger partial charge in [-0.25, -0.2) is 0 Å². The van der Waals surface area contributed by atoms with Crippen LogP contribution in [0.15, 0.2) is 58.9 Å². The molecule has 1 amide bonds. The maximum Gasteiger partial charge on any atom is 0.416 e. The molecule has 0 bridgehead atoms. The van der Waals surface area contributed by atoms with Gasteiger partial charge in [0, 0.05) is 11.1 Å². The van der Waals surface area contributed by atoms with E-state index in [1.54, 1.807) is 6.08 Å². The summed E-state index contributed by atoms with van der Waals surface area (Å²) >= 11 is 5.92. The second-order valence-corrected chi connectivity index (χ2v) is 5.65. The molecule has 5 nitrogen and oxygen atoms in total. The molecular formula is C16H10ClF3N3O2. The number of amides is 1. The molecule has 1 radical (unpaired) electrons. The van der Waals surface area contributed by atoms with Crippen LogP contribution >= 0.6 is 11.6 Å². The molecule has 2 aliphatic rings. The molecule has 1 aromatic rings. The van der Waals surface area contributed by atoms with Crippen molar-refractivity contribution in [2.24, 2.45) is 0 Å². The largest absolute Gasteiger partial charge is 0.416 e. The topological polar surface area (TPSA) is 72.3 Å². The fourth-order valence-corrected chi connectivity index (χ4v) is 2.65. The zero-order chi connectivity index (χ0) is 18.2. The number of rotatable bonds is 2. The van der Waals surface area contributed by atoms with Crippen LogP contribution in [0.5, 0.6) is 0 Å². The van der Waals surface area contributed by atoms with Crippen molar-refractivity contribution in [2.45, 2.75) is 12.2 Å². The number of ketones is 1. The molecule has 25 heavy (non-hydrogen) atoms. The second kappa shape index (κ2) is 6.29. The Hall–Kier alpha value is -2.74. The molecule has 1 atom stereocenters. The van der Waals surface area contributed by atoms with E-state index in [2.05, 4.69) is 16.2 Å². The summed E-state index contributed by atoms with van der Waals surface area (Å²) in [5, 5.41) is 2.41. The van der Waals surface area contributed by atoms with Gasteiger partial charge in [-0.1, -0.05) is 29.8 Å². The minimum Gasteiger partial charge on any atom is -0.338 e. The van der Waals surface area contributed by atoms with Crippen molar-refractivity contribution in [2.75, 3.05) is 0 Å². The van der Waals surface area contributed by atoms with Crippen LogP contribution in [0.25, 0.3) is 0 Å². The van der Waals surface area contributed by atoms with E-state index in [1.807, 2.05) is 0 Å². The van der Waals surface area contributed by atoms with Gasteiger partial charge in [0.15, 0.2) is 5.78 Å². The quantitative estimate of drug-likeness (QED) is 0.787. The number of carbonyl (C=O) groups is 2. The van der Waals surface area contributed by atoms with Crippen molar-refractivity contribution in [3.8, 4) is 0 Å². The van der Waals surface area contributed by atoms with Crippen LogP contribution in [0.3, 0.4) is 0 Å². The highest BCUT2D eigenvalue weighted by Crippen LogP contribution is 2.30. The van der Waals surface area contributed by atoms with Crippen LogP contribution in [-0.2, 0) is 11.0 Å². The highest BCUT2D eigenvalue weighted by molar-refractivity contribution is 6.33. The van der Waals surface area contributed by atoms with Crippen molar-refractivity contribution in [1.82, 2.24) is 16.2 Å². The van der Waals surface area contributed by atoms with E-state index in [0.29, 0.717) is 5.57 Å². The number of carbonyl (C=O) groups excluding carboxylic acids is 2. The lowest BCUT2D eigenvalue weighted by atomic mass is 9.91. The minimum absolute atomic E-state index is 0.0187. The molecule has 129 valence electrons. The molecule has 0 saturated carbocycles. The Morgan fingerprint density at radius 2 is 2.08 bits per heavy atom. The SMILES string of the molecule is O=C(NC1C=CC2=C[N]NC(Cl)=C2C1=O)c1cccc(C(F)(F)F)c1. The highest BCUT2D eigenvalue weighted by Gasteiger charge is 2.33. The molecule has 1 unspecified atom stereocenters. The lowest BCUT2D eigenvalue weighted by Crippen LogP contribution is -2.43. The van der Waals surface area contributed by atoms with Crippen molar-refractivity contribution < 1.29 is 22.8 Å². The fraction of sp³-hybridized carbons (Fsp3) is 0.125. The summed E-state index contributed by atoms with van der Waals surface area (Å²) < 4.78 is 38.2. The Morgan fingerprint density at radius 1 is 1.32 bits per heavy atom. The van der Waals surface area contributed by atoms with Gasteiger partial charge in [-0.3, -0.25) is 15.0 Å². The third kappa shape index (κ3) is 3.39. The van der Waals surface area contributed by atoms with E-state index in [1.165, 1.54) is 18.3 Å². The predicted molar refractivity (Wildman–Crippen MR) is 83.1 cm³/mol. The lowest BCUT2D eigenvalue weighted by molar-refractivity contribution is -0.137. The number of hydrogen-bond acceptors (Lipinski definition) is 3. The number of benzene rings is 1. The van der Waals surface area contributed by atoms with Gasteiger partial charge in [0.1, 0.15) is 11.2 Å². The molecule has 0 fully saturated rings. The Morgan fingerprint density at radius 3 is 2.80 bits per heavy atom. The first kappa shape index (κ1) is 17.1. The first-order chi connectivity index (χ1) is 11.8. The Bertz CT molecular complexity index is 843. The molecule has 0 saturated heterocycles. The summed E-state index contributed by atoms with van der Waals surface area (Å²) in [6.45, 7) is 0. The van der Waals surface area contributed by atoms with Crippen LogP contribution in [-0.4, -0.2) is 17.7 Å². The van der Waals surface area contributed by atoms with Crippen molar-refractivity contribution in [1.29, 1.82) is 0 Å². The zero-order valence-electron chi connectivity index (χ0n) is 12.4. The third-order valence-electron chi connectivity index (χ3n) is 3.61. The van der Waals surface area contributed by atoms with Crippen LogP contribution in [0.1, 0.15) is 15.9 Å². The fourth-order valence-electron chi connectivity index (χ4n) is 2.40. The molecule has 1 aromatic carbocycles. The summed E-state index contributed by atoms with van der Waals surface area (Å²) in [6.07, 6.45) is -0.179. The normalized spacial score (nSPS) is 19.6. The summed E-state index contributed by atoms with van der Waals surface area (Å²) in [6, 6.07) is 2.91. The maximum absolute atomic E-state index is 12.7. The van der Waals surface area contributed by atoms with Gasteiger partial charge in [0.2, 0.25) is 0 Å². The predicted octanol–water partition coefficient (Wildman–Crippen LogP) is 2.40. The van der Waals surface area contributed by atoms with E-state index in [9.17, 15) is 22.8 Å². The lowest BCUT2D eigenvalue weighted by Gasteiger charge is -2.24. The minimum atomic E-state index is -4.56. The molecule has 1 heterocycles. The average Bonchev–Trinajstić information content (AvgIpc) is 2.57. The first-order valence-electron chi connectivity index (χ1n) is 7.04. The van der Waals surface area contributed by atoms with Crippen LogP contribution in [0, 0.1) is 0 Å². The van der Waals surface area contributed by atoms with Crippen LogP contribution in [0.2, 0.25) is 0 Å². The second-order valence-electron chi connectivity index (χ2n) is 5.27. The van der Waals surface area contributed by atoms with E-state index >= 15 is 0 Å². The summed E-state index contributed by atoms with van der Waals surface area (Å²) in [5.74, 6) is -1.28. The number of nitrogens with zero attached hydrogens (tertiary/aromatic N) is 1. The highest BCUT2D eigenvalue weighted by atomic mass is 35.5. The molecule has 3 rings (SSSR count). The van der Waals surface area contributed by atoms with Crippen molar-refractivity contribution >= 4 is 23.3 Å². The van der Waals surface area contributed by atoms with Gasteiger partial charge in [0.25, 0.3) is 5.91 Å². The van der Waals surface area contributed by atoms with Crippen molar-refractivity contribution in [3.63, 3.8) is 0 Å². The van der Waals surface area contributed by atoms with E-state index in [0.717, 1.165) is 18.2 Å². The third-order valence-corrected chi connectivity index (χ3v) is 3.88. The number of allylic oxidation sites excluding steroid dienone is 2. The first-order valence-corrected chi connectivity index (χ1v) is 7.42.